The molecule has 1 atom stereocenters. The molecule has 6 nitrogen and oxygen atoms in total. The van der Waals surface area contributed by atoms with Crippen molar-refractivity contribution >= 4 is 69.2 Å². The lowest BCUT2D eigenvalue weighted by atomic mass is 10.2. The van der Waals surface area contributed by atoms with Gasteiger partial charge in [0.05, 0.1) is 17.2 Å². The van der Waals surface area contributed by atoms with Gasteiger partial charge in [-0.2, -0.15) is 5.10 Å². The van der Waals surface area contributed by atoms with E-state index in [0.29, 0.717) is 4.91 Å². The van der Waals surface area contributed by atoms with Crippen LogP contribution in [0.4, 0.5) is 11.4 Å². The molecule has 0 radical (unpaired) electrons. The first-order valence-electron chi connectivity index (χ1n) is 10.7. The topological polar surface area (TPSA) is 62.2 Å². The Balaban J connectivity index is 1.67. The third-order valence-corrected chi connectivity index (χ3v) is 8.70. The van der Waals surface area contributed by atoms with Crippen LogP contribution >= 0.6 is 34.9 Å². The molecule has 0 bridgehead atoms. The minimum atomic E-state index is -1.06. The first kappa shape index (κ1) is 22.8. The summed E-state index contributed by atoms with van der Waals surface area (Å²) in [6.45, 7) is 4.02. The summed E-state index contributed by atoms with van der Waals surface area (Å²) in [5.41, 5.74) is 2.60. The van der Waals surface area contributed by atoms with E-state index in [1.54, 1.807) is 28.2 Å². The second-order valence-corrected chi connectivity index (χ2v) is 11.1. The molecule has 3 aromatic rings. The Hall–Kier alpha value is -3.01. The summed E-state index contributed by atoms with van der Waals surface area (Å²) < 4.78 is 4.21. The van der Waals surface area contributed by atoms with Crippen LogP contribution in [0.5, 0.6) is 0 Å². The van der Waals surface area contributed by atoms with Crippen LogP contribution in [0.15, 0.2) is 82.1 Å². The number of aryl methyl sites for hydroxylation is 1. The van der Waals surface area contributed by atoms with Crippen LogP contribution < -0.4 is 9.91 Å². The van der Waals surface area contributed by atoms with Gasteiger partial charge in [-0.1, -0.05) is 53.7 Å². The SMILES string of the molecule is CCOC(=O)C1=NN(c2ccc(C)cc2)[C@@]2(S1)S/C(=C/c1cccs1)C(=O)N2c1ccccc1. The third-order valence-electron chi connectivity index (χ3n) is 5.19. The molecule has 0 unspecified atom stereocenters. The minimum absolute atomic E-state index is 0.144. The number of amides is 1. The van der Waals surface area contributed by atoms with Crippen molar-refractivity contribution in [2.45, 2.75) is 18.2 Å². The van der Waals surface area contributed by atoms with Crippen LogP contribution in [-0.2, 0) is 14.3 Å². The van der Waals surface area contributed by atoms with Gasteiger partial charge in [0.15, 0.2) is 0 Å². The van der Waals surface area contributed by atoms with E-state index in [0.717, 1.165) is 21.8 Å². The molecule has 3 heterocycles. The van der Waals surface area contributed by atoms with Crippen molar-refractivity contribution < 1.29 is 14.3 Å². The molecule has 2 aromatic carbocycles. The van der Waals surface area contributed by atoms with Gasteiger partial charge in [0.1, 0.15) is 0 Å². The molecule has 1 fully saturated rings. The standard InChI is InChI=1S/C25H21N3O3S3/c1-3-31-24(30)22-26-28(19-13-11-17(2)12-14-19)25(34-22)27(18-8-5-4-6-9-18)23(29)21(33-25)16-20-10-7-15-32-20/h4-16H,3H2,1-2H3/b21-16+/t25-/m1/s1. The van der Waals surface area contributed by atoms with Crippen LogP contribution in [0.25, 0.3) is 6.08 Å². The maximum atomic E-state index is 13.9. The predicted octanol–water partition coefficient (Wildman–Crippen LogP) is 5.92. The number of nitrogens with zero attached hydrogens (tertiary/aromatic N) is 3. The smallest absolute Gasteiger partial charge is 0.365 e. The van der Waals surface area contributed by atoms with Crippen LogP contribution in [0.1, 0.15) is 17.4 Å². The lowest BCUT2D eigenvalue weighted by molar-refractivity contribution is -0.134. The molecule has 1 amide bonds. The van der Waals surface area contributed by atoms with Gasteiger partial charge in [0.25, 0.3) is 5.91 Å². The number of ether oxygens (including phenoxy) is 1. The summed E-state index contributed by atoms with van der Waals surface area (Å²) in [5, 5.41) is 8.63. The molecule has 9 heteroatoms. The Morgan fingerprint density at radius 2 is 1.79 bits per heavy atom. The average molecular weight is 508 g/mol. The number of anilines is 2. The highest BCUT2D eigenvalue weighted by molar-refractivity contribution is 8.29. The van der Waals surface area contributed by atoms with Crippen molar-refractivity contribution in [3.63, 3.8) is 0 Å². The molecular weight excluding hydrogens is 486 g/mol. The fourth-order valence-electron chi connectivity index (χ4n) is 3.65. The van der Waals surface area contributed by atoms with Gasteiger partial charge in [0.2, 0.25) is 9.37 Å². The van der Waals surface area contributed by atoms with E-state index in [-0.39, 0.29) is 17.6 Å². The fourth-order valence-corrected chi connectivity index (χ4v) is 7.25. The first-order chi connectivity index (χ1) is 16.5. The van der Waals surface area contributed by atoms with E-state index in [1.807, 2.05) is 85.1 Å². The number of benzene rings is 2. The van der Waals surface area contributed by atoms with Crippen LogP contribution in [0.2, 0.25) is 0 Å². The number of carbonyl (C=O) groups is 2. The van der Waals surface area contributed by atoms with Crippen molar-refractivity contribution in [1.82, 2.24) is 0 Å². The molecule has 1 saturated heterocycles. The van der Waals surface area contributed by atoms with Crippen molar-refractivity contribution in [2.75, 3.05) is 16.5 Å². The molecule has 0 N–H and O–H groups in total. The molecule has 2 aliphatic heterocycles. The van der Waals surface area contributed by atoms with Gasteiger partial charge in [-0.3, -0.25) is 9.69 Å². The quantitative estimate of drug-likeness (QED) is 0.316. The highest BCUT2D eigenvalue weighted by Crippen LogP contribution is 2.59. The van der Waals surface area contributed by atoms with Crippen molar-refractivity contribution in [1.29, 1.82) is 0 Å². The zero-order valence-electron chi connectivity index (χ0n) is 18.5. The summed E-state index contributed by atoms with van der Waals surface area (Å²) in [6, 6.07) is 21.3. The van der Waals surface area contributed by atoms with Gasteiger partial charge >= 0.3 is 5.97 Å². The number of esters is 1. The van der Waals surface area contributed by atoms with Gasteiger partial charge < -0.3 is 4.74 Å². The summed E-state index contributed by atoms with van der Waals surface area (Å²) >= 11 is 4.18. The number of thioether (sulfide) groups is 2. The number of hydrazone groups is 1. The van der Waals surface area contributed by atoms with Crippen molar-refractivity contribution in [3.05, 3.63) is 87.5 Å². The van der Waals surface area contributed by atoms with E-state index in [4.69, 9.17) is 4.74 Å². The first-order valence-corrected chi connectivity index (χ1v) is 13.2. The zero-order valence-corrected chi connectivity index (χ0v) is 21.0. The van der Waals surface area contributed by atoms with E-state index in [1.165, 1.54) is 23.5 Å². The summed E-state index contributed by atoms with van der Waals surface area (Å²) in [6.07, 6.45) is 1.90. The van der Waals surface area contributed by atoms with Crippen LogP contribution in [0, 0.1) is 6.92 Å². The minimum Gasteiger partial charge on any atom is -0.461 e. The molecule has 0 saturated carbocycles. The molecule has 5 rings (SSSR count). The van der Waals surface area contributed by atoms with Crippen molar-refractivity contribution in [3.8, 4) is 0 Å². The van der Waals surface area contributed by atoms with Gasteiger partial charge in [-0.25, -0.2) is 9.80 Å². The number of hydrogen-bond donors (Lipinski definition) is 0. The maximum Gasteiger partial charge on any atom is 0.365 e. The predicted molar refractivity (Wildman–Crippen MR) is 142 cm³/mol. The van der Waals surface area contributed by atoms with Crippen LogP contribution in [-0.4, -0.2) is 27.9 Å². The third kappa shape index (κ3) is 4.04. The lowest BCUT2D eigenvalue weighted by Crippen LogP contribution is -2.51. The van der Waals surface area contributed by atoms with E-state index >= 15 is 0 Å². The van der Waals surface area contributed by atoms with Crippen molar-refractivity contribution in [2.24, 2.45) is 5.10 Å². The highest BCUT2D eigenvalue weighted by Gasteiger charge is 2.60. The molecule has 172 valence electrons. The maximum absolute atomic E-state index is 13.9. The van der Waals surface area contributed by atoms with E-state index in [2.05, 4.69) is 5.10 Å². The Morgan fingerprint density at radius 3 is 2.47 bits per heavy atom. The Morgan fingerprint density at radius 1 is 1.03 bits per heavy atom. The highest BCUT2D eigenvalue weighted by atomic mass is 32.2. The summed E-state index contributed by atoms with van der Waals surface area (Å²) in [5.74, 6) is -0.646. The van der Waals surface area contributed by atoms with Gasteiger partial charge in [-0.15, -0.1) is 11.3 Å². The lowest BCUT2D eigenvalue weighted by Gasteiger charge is -2.38. The number of rotatable bonds is 5. The second-order valence-electron chi connectivity index (χ2n) is 7.53. The second kappa shape index (κ2) is 9.32. The molecule has 0 aliphatic carbocycles. The molecule has 2 aliphatic rings. The number of carbonyl (C=O) groups excluding carboxylic acids is 2. The molecular formula is C25H21N3O3S3. The Labute approximate surface area is 210 Å². The monoisotopic (exact) mass is 507 g/mol. The number of para-hydroxylation sites is 1. The van der Waals surface area contributed by atoms with Crippen LogP contribution in [0.3, 0.4) is 0 Å². The van der Waals surface area contributed by atoms with Gasteiger partial charge in [-0.05, 0) is 67.4 Å². The van der Waals surface area contributed by atoms with Gasteiger partial charge in [0, 0.05) is 10.6 Å². The molecule has 34 heavy (non-hydrogen) atoms. The zero-order chi connectivity index (χ0) is 23.7. The van der Waals surface area contributed by atoms with E-state index < -0.39 is 10.3 Å². The Bertz CT molecular complexity index is 1270. The molecule has 1 spiro atoms. The summed E-state index contributed by atoms with van der Waals surface area (Å²) in [4.78, 5) is 29.9. The number of hydrogen-bond acceptors (Lipinski definition) is 8. The Kier molecular flexibility index (Phi) is 6.24. The fraction of sp³-hybridized carbons (Fsp3) is 0.160. The molecule has 1 aromatic heterocycles. The number of thiophene rings is 1. The average Bonchev–Trinajstić information content (AvgIpc) is 3.55. The normalized spacial score (nSPS) is 20.9. The summed E-state index contributed by atoms with van der Waals surface area (Å²) in [7, 11) is 0. The largest absolute Gasteiger partial charge is 0.461 e. The van der Waals surface area contributed by atoms with E-state index in [9.17, 15) is 9.59 Å².